The molecule has 22 heavy (non-hydrogen) atoms. The minimum absolute atomic E-state index is 0.410. The summed E-state index contributed by atoms with van der Waals surface area (Å²) in [4.78, 5) is 12.5. The smallest absolute Gasteiger partial charge is 0.107 e. The molecule has 1 unspecified atom stereocenters. The molecule has 2 aromatic heterocycles. The lowest BCUT2D eigenvalue weighted by Gasteiger charge is -2.25. The van der Waals surface area contributed by atoms with Gasteiger partial charge in [-0.1, -0.05) is 19.9 Å². The van der Waals surface area contributed by atoms with E-state index in [4.69, 9.17) is 4.98 Å². The van der Waals surface area contributed by atoms with Crippen LogP contribution in [0.2, 0.25) is 0 Å². The predicted octanol–water partition coefficient (Wildman–Crippen LogP) is 3.88. The Kier molecular flexibility index (Phi) is 3.25. The molecule has 3 heterocycles. The van der Waals surface area contributed by atoms with Crippen molar-refractivity contribution in [2.45, 2.75) is 45.6 Å². The molecule has 0 fully saturated rings. The molecule has 1 N–H and O–H groups in total. The van der Waals surface area contributed by atoms with E-state index >= 15 is 0 Å². The van der Waals surface area contributed by atoms with Gasteiger partial charge in [-0.3, -0.25) is 0 Å². The van der Waals surface area contributed by atoms with Crippen molar-refractivity contribution in [3.8, 4) is 0 Å². The number of hydrogen-bond donors (Lipinski definition) is 1. The zero-order valence-corrected chi connectivity index (χ0v) is 13.2. The first-order valence-electron chi connectivity index (χ1n) is 8.20. The molecule has 0 saturated carbocycles. The second-order valence-electron chi connectivity index (χ2n) is 6.76. The highest BCUT2D eigenvalue weighted by Gasteiger charge is 2.21. The van der Waals surface area contributed by atoms with E-state index in [1.807, 2.05) is 12.5 Å². The summed E-state index contributed by atoms with van der Waals surface area (Å²) in [5.74, 6) is 1.71. The number of benzene rings is 1. The number of hydrogen-bond acceptors (Lipinski definition) is 2. The standard InChI is InChI=1S/C18H22N4/c1-12(2)8-18-20-15-7-6-13(9-16(15)21-18)17-5-3-4-14-10-19-11-22(14)17/h6-7,9-12,17H,3-5,8H2,1-2H3,(H,20,21). The van der Waals surface area contributed by atoms with Gasteiger partial charge in [-0.25, -0.2) is 9.97 Å². The van der Waals surface area contributed by atoms with Crippen LogP contribution in [-0.4, -0.2) is 19.5 Å². The van der Waals surface area contributed by atoms with Crippen molar-refractivity contribution in [3.05, 3.63) is 47.8 Å². The van der Waals surface area contributed by atoms with Crippen molar-refractivity contribution >= 4 is 11.0 Å². The molecule has 1 aliphatic heterocycles. The fourth-order valence-electron chi connectivity index (χ4n) is 3.52. The molecule has 4 nitrogen and oxygen atoms in total. The van der Waals surface area contributed by atoms with E-state index in [-0.39, 0.29) is 0 Å². The number of aryl methyl sites for hydroxylation is 1. The average Bonchev–Trinajstić information content (AvgIpc) is 3.10. The van der Waals surface area contributed by atoms with Crippen LogP contribution < -0.4 is 0 Å². The molecule has 4 rings (SSSR count). The molecule has 0 amide bonds. The van der Waals surface area contributed by atoms with Gasteiger partial charge >= 0.3 is 0 Å². The Labute approximate surface area is 130 Å². The highest BCUT2D eigenvalue weighted by molar-refractivity contribution is 5.76. The van der Waals surface area contributed by atoms with Gasteiger partial charge in [-0.15, -0.1) is 0 Å². The predicted molar refractivity (Wildman–Crippen MR) is 87.9 cm³/mol. The molecule has 1 atom stereocenters. The first-order chi connectivity index (χ1) is 10.7. The molecule has 114 valence electrons. The number of rotatable bonds is 3. The van der Waals surface area contributed by atoms with E-state index in [0.29, 0.717) is 12.0 Å². The van der Waals surface area contributed by atoms with E-state index in [2.05, 4.69) is 46.6 Å². The average molecular weight is 294 g/mol. The molecule has 1 aliphatic rings. The maximum atomic E-state index is 4.70. The Morgan fingerprint density at radius 2 is 2.27 bits per heavy atom. The summed E-state index contributed by atoms with van der Waals surface area (Å²) in [6.45, 7) is 4.45. The quantitative estimate of drug-likeness (QED) is 0.796. The Balaban J connectivity index is 1.71. The summed E-state index contributed by atoms with van der Waals surface area (Å²) in [5.41, 5.74) is 4.93. The van der Waals surface area contributed by atoms with Crippen molar-refractivity contribution in [2.75, 3.05) is 0 Å². The number of imidazole rings is 2. The van der Waals surface area contributed by atoms with Crippen LogP contribution in [-0.2, 0) is 12.8 Å². The van der Waals surface area contributed by atoms with Gasteiger partial charge in [0, 0.05) is 18.3 Å². The molecule has 1 aromatic carbocycles. The topological polar surface area (TPSA) is 46.5 Å². The maximum Gasteiger partial charge on any atom is 0.107 e. The Hall–Kier alpha value is -2.10. The summed E-state index contributed by atoms with van der Waals surface area (Å²) in [6, 6.07) is 7.05. The lowest BCUT2D eigenvalue weighted by Crippen LogP contribution is -2.17. The molecule has 0 saturated heterocycles. The second kappa shape index (κ2) is 5.27. The van der Waals surface area contributed by atoms with Crippen molar-refractivity contribution < 1.29 is 0 Å². The molecule has 0 bridgehead atoms. The minimum atomic E-state index is 0.410. The van der Waals surface area contributed by atoms with E-state index in [1.54, 1.807) is 0 Å². The van der Waals surface area contributed by atoms with Crippen molar-refractivity contribution in [2.24, 2.45) is 5.92 Å². The number of aromatic nitrogens is 4. The number of aromatic amines is 1. The van der Waals surface area contributed by atoms with Crippen LogP contribution in [0.4, 0.5) is 0 Å². The normalized spacial score (nSPS) is 18.0. The fraction of sp³-hybridized carbons (Fsp3) is 0.444. The van der Waals surface area contributed by atoms with Gasteiger partial charge in [0.05, 0.1) is 23.4 Å². The Morgan fingerprint density at radius 3 is 3.14 bits per heavy atom. The van der Waals surface area contributed by atoms with Crippen LogP contribution in [0.15, 0.2) is 30.7 Å². The van der Waals surface area contributed by atoms with Crippen LogP contribution in [0.5, 0.6) is 0 Å². The van der Waals surface area contributed by atoms with E-state index in [0.717, 1.165) is 29.7 Å². The molecular formula is C18H22N4. The van der Waals surface area contributed by atoms with Crippen LogP contribution in [0.1, 0.15) is 49.8 Å². The van der Waals surface area contributed by atoms with Gasteiger partial charge in [0.1, 0.15) is 5.82 Å². The highest BCUT2D eigenvalue weighted by Crippen LogP contribution is 2.31. The largest absolute Gasteiger partial charge is 0.342 e. The van der Waals surface area contributed by atoms with Gasteiger partial charge < -0.3 is 9.55 Å². The third-order valence-corrected chi connectivity index (χ3v) is 4.53. The number of nitrogens with one attached hydrogen (secondary N) is 1. The zero-order valence-electron chi connectivity index (χ0n) is 13.2. The number of fused-ring (bicyclic) bond motifs is 2. The SMILES string of the molecule is CC(C)Cc1nc2ccc(C3CCCc4cncn43)cc2[nH]1. The third-order valence-electron chi connectivity index (χ3n) is 4.53. The summed E-state index contributed by atoms with van der Waals surface area (Å²) < 4.78 is 2.33. The Bertz CT molecular complexity index is 796. The van der Waals surface area contributed by atoms with Gasteiger partial charge in [0.25, 0.3) is 0 Å². The monoisotopic (exact) mass is 294 g/mol. The molecule has 0 aliphatic carbocycles. The fourth-order valence-corrected chi connectivity index (χ4v) is 3.52. The van der Waals surface area contributed by atoms with Gasteiger partial charge in [-0.2, -0.15) is 0 Å². The van der Waals surface area contributed by atoms with Crippen molar-refractivity contribution in [3.63, 3.8) is 0 Å². The molecular weight excluding hydrogens is 272 g/mol. The minimum Gasteiger partial charge on any atom is -0.342 e. The first-order valence-corrected chi connectivity index (χ1v) is 8.20. The van der Waals surface area contributed by atoms with Crippen LogP contribution in [0.25, 0.3) is 11.0 Å². The summed E-state index contributed by atoms with van der Waals surface area (Å²) in [5, 5.41) is 0. The second-order valence-corrected chi connectivity index (χ2v) is 6.76. The van der Waals surface area contributed by atoms with Gasteiger partial charge in [0.15, 0.2) is 0 Å². The van der Waals surface area contributed by atoms with Gasteiger partial charge in [0.2, 0.25) is 0 Å². The maximum absolute atomic E-state index is 4.70. The van der Waals surface area contributed by atoms with Crippen molar-refractivity contribution in [1.82, 2.24) is 19.5 Å². The molecule has 0 radical (unpaired) electrons. The highest BCUT2D eigenvalue weighted by atomic mass is 15.1. The first kappa shape index (κ1) is 13.6. The third kappa shape index (κ3) is 2.32. The zero-order chi connectivity index (χ0) is 15.1. The van der Waals surface area contributed by atoms with Crippen LogP contribution in [0, 0.1) is 5.92 Å². The van der Waals surface area contributed by atoms with E-state index < -0.39 is 0 Å². The molecule has 3 aromatic rings. The van der Waals surface area contributed by atoms with Gasteiger partial charge in [-0.05, 0) is 42.9 Å². The lowest BCUT2D eigenvalue weighted by molar-refractivity contribution is 0.458. The van der Waals surface area contributed by atoms with Crippen molar-refractivity contribution in [1.29, 1.82) is 0 Å². The molecule has 4 heteroatoms. The lowest BCUT2D eigenvalue weighted by atomic mass is 9.96. The summed E-state index contributed by atoms with van der Waals surface area (Å²) in [7, 11) is 0. The summed E-state index contributed by atoms with van der Waals surface area (Å²) >= 11 is 0. The van der Waals surface area contributed by atoms with Crippen LogP contribution >= 0.6 is 0 Å². The van der Waals surface area contributed by atoms with E-state index in [9.17, 15) is 0 Å². The Morgan fingerprint density at radius 1 is 1.36 bits per heavy atom. The summed E-state index contributed by atoms with van der Waals surface area (Å²) in [6.07, 6.45) is 8.53. The van der Waals surface area contributed by atoms with E-state index in [1.165, 1.54) is 24.1 Å². The van der Waals surface area contributed by atoms with Crippen LogP contribution in [0.3, 0.4) is 0 Å². The number of nitrogens with zero attached hydrogens (tertiary/aromatic N) is 3. The number of H-pyrrole nitrogens is 1. The molecule has 0 spiro atoms.